The lowest BCUT2D eigenvalue weighted by Gasteiger charge is -2.19. The Kier molecular flexibility index (Phi) is 5.92. The second kappa shape index (κ2) is 7.49. The van der Waals surface area contributed by atoms with Crippen LogP contribution in [0, 0.1) is 5.92 Å². The molecule has 0 radical (unpaired) electrons. The quantitative estimate of drug-likeness (QED) is 0.587. The van der Waals surface area contributed by atoms with Crippen LogP contribution < -0.4 is 10.5 Å². The SMILES string of the molecule is CC(NS(=O)(=O)CCSc1ccc(N)cc1)C1CCOC1. The van der Waals surface area contributed by atoms with E-state index in [0.717, 1.165) is 17.9 Å². The fraction of sp³-hybridized carbons (Fsp3) is 0.571. The number of hydrogen-bond acceptors (Lipinski definition) is 5. The summed E-state index contributed by atoms with van der Waals surface area (Å²) in [6.07, 6.45) is 0.921. The number of nitrogen functional groups attached to an aromatic ring is 1. The van der Waals surface area contributed by atoms with Crippen LogP contribution in [0.3, 0.4) is 0 Å². The highest BCUT2D eigenvalue weighted by Crippen LogP contribution is 2.20. The lowest BCUT2D eigenvalue weighted by atomic mass is 10.0. The molecule has 118 valence electrons. The summed E-state index contributed by atoms with van der Waals surface area (Å²) in [7, 11) is -3.25. The normalized spacial score (nSPS) is 20.5. The standard InChI is InChI=1S/C14H22N2O3S2/c1-11(12-6-7-19-10-12)16-21(17,18)9-8-20-14-4-2-13(15)3-5-14/h2-5,11-12,16H,6-10,15H2,1H3. The van der Waals surface area contributed by atoms with Gasteiger partial charge in [0.15, 0.2) is 0 Å². The van der Waals surface area contributed by atoms with Gasteiger partial charge in [0, 0.05) is 34.9 Å². The van der Waals surface area contributed by atoms with Crippen molar-refractivity contribution in [2.24, 2.45) is 5.92 Å². The number of rotatable bonds is 7. The summed E-state index contributed by atoms with van der Waals surface area (Å²) in [5.74, 6) is 0.914. The van der Waals surface area contributed by atoms with Gasteiger partial charge in [-0.2, -0.15) is 0 Å². The lowest BCUT2D eigenvalue weighted by molar-refractivity contribution is 0.180. The Morgan fingerprint density at radius 3 is 2.76 bits per heavy atom. The molecule has 21 heavy (non-hydrogen) atoms. The lowest BCUT2D eigenvalue weighted by Crippen LogP contribution is -2.39. The summed E-state index contributed by atoms with van der Waals surface area (Å²) < 4.78 is 32.2. The maximum Gasteiger partial charge on any atom is 0.212 e. The maximum atomic E-state index is 12.1. The van der Waals surface area contributed by atoms with Gasteiger partial charge in [-0.15, -0.1) is 11.8 Å². The van der Waals surface area contributed by atoms with E-state index in [0.29, 0.717) is 18.0 Å². The Bertz CT molecular complexity index is 540. The van der Waals surface area contributed by atoms with E-state index in [1.54, 1.807) is 0 Å². The van der Waals surface area contributed by atoms with Gasteiger partial charge in [-0.05, 0) is 37.6 Å². The molecule has 2 rings (SSSR count). The molecule has 1 aliphatic heterocycles. The zero-order valence-electron chi connectivity index (χ0n) is 12.1. The summed E-state index contributed by atoms with van der Waals surface area (Å²) in [6.45, 7) is 3.28. The maximum absolute atomic E-state index is 12.1. The average Bonchev–Trinajstić information content (AvgIpc) is 2.94. The number of benzene rings is 1. The first-order chi connectivity index (χ1) is 9.96. The Morgan fingerprint density at radius 2 is 2.14 bits per heavy atom. The van der Waals surface area contributed by atoms with Crippen molar-refractivity contribution in [3.8, 4) is 0 Å². The van der Waals surface area contributed by atoms with Crippen LogP contribution >= 0.6 is 11.8 Å². The van der Waals surface area contributed by atoms with Gasteiger partial charge in [0.2, 0.25) is 10.0 Å². The van der Waals surface area contributed by atoms with Crippen molar-refractivity contribution in [2.45, 2.75) is 24.3 Å². The summed E-state index contributed by atoms with van der Waals surface area (Å²) in [5, 5.41) is 0. The second-order valence-corrected chi connectivity index (χ2v) is 8.31. The highest BCUT2D eigenvalue weighted by atomic mass is 32.2. The van der Waals surface area contributed by atoms with Crippen LogP contribution in [-0.4, -0.2) is 39.2 Å². The fourth-order valence-corrected chi connectivity index (χ4v) is 4.87. The third-order valence-electron chi connectivity index (χ3n) is 3.54. The number of anilines is 1. The number of nitrogens with two attached hydrogens (primary N) is 1. The molecule has 1 heterocycles. The molecule has 1 aromatic carbocycles. The van der Waals surface area contributed by atoms with Crippen LogP contribution in [0.4, 0.5) is 5.69 Å². The van der Waals surface area contributed by atoms with E-state index in [-0.39, 0.29) is 17.7 Å². The number of nitrogens with one attached hydrogen (secondary N) is 1. The van der Waals surface area contributed by atoms with E-state index in [4.69, 9.17) is 10.5 Å². The number of hydrogen-bond donors (Lipinski definition) is 2. The number of ether oxygens (including phenoxy) is 1. The minimum absolute atomic E-state index is 0.0703. The van der Waals surface area contributed by atoms with Gasteiger partial charge in [-0.1, -0.05) is 0 Å². The van der Waals surface area contributed by atoms with Gasteiger partial charge >= 0.3 is 0 Å². The van der Waals surface area contributed by atoms with Crippen molar-refractivity contribution in [3.63, 3.8) is 0 Å². The van der Waals surface area contributed by atoms with E-state index < -0.39 is 10.0 Å². The Labute approximate surface area is 130 Å². The molecule has 0 bridgehead atoms. The van der Waals surface area contributed by atoms with E-state index in [2.05, 4.69) is 4.72 Å². The summed E-state index contributed by atoms with van der Waals surface area (Å²) >= 11 is 1.52. The van der Waals surface area contributed by atoms with E-state index >= 15 is 0 Å². The van der Waals surface area contributed by atoms with Crippen LogP contribution in [-0.2, 0) is 14.8 Å². The van der Waals surface area contributed by atoms with Crippen LogP contribution in [0.2, 0.25) is 0 Å². The second-order valence-electron chi connectivity index (χ2n) is 5.27. The van der Waals surface area contributed by atoms with Crippen LogP contribution in [0.15, 0.2) is 29.2 Å². The van der Waals surface area contributed by atoms with Crippen LogP contribution in [0.5, 0.6) is 0 Å². The minimum Gasteiger partial charge on any atom is -0.399 e. The predicted molar refractivity (Wildman–Crippen MR) is 86.9 cm³/mol. The van der Waals surface area contributed by atoms with Crippen molar-refractivity contribution in [2.75, 3.05) is 30.5 Å². The third kappa shape index (κ3) is 5.50. The van der Waals surface area contributed by atoms with Crippen molar-refractivity contribution < 1.29 is 13.2 Å². The molecule has 0 aliphatic carbocycles. The molecule has 1 aromatic rings. The van der Waals surface area contributed by atoms with Crippen molar-refractivity contribution in [1.82, 2.24) is 4.72 Å². The van der Waals surface area contributed by atoms with Crippen molar-refractivity contribution in [1.29, 1.82) is 0 Å². The summed E-state index contributed by atoms with van der Waals surface area (Å²) in [5.41, 5.74) is 6.32. The van der Waals surface area contributed by atoms with Crippen LogP contribution in [0.25, 0.3) is 0 Å². The van der Waals surface area contributed by atoms with Crippen molar-refractivity contribution >= 4 is 27.5 Å². The molecule has 1 fully saturated rings. The Morgan fingerprint density at radius 1 is 1.43 bits per heavy atom. The van der Waals surface area contributed by atoms with E-state index in [9.17, 15) is 8.42 Å². The molecule has 0 aromatic heterocycles. The largest absolute Gasteiger partial charge is 0.399 e. The fourth-order valence-electron chi connectivity index (χ4n) is 2.22. The molecule has 2 unspecified atom stereocenters. The zero-order chi connectivity index (χ0) is 15.3. The number of sulfonamides is 1. The smallest absolute Gasteiger partial charge is 0.212 e. The van der Waals surface area contributed by atoms with Gasteiger partial charge in [-0.3, -0.25) is 0 Å². The van der Waals surface area contributed by atoms with Gasteiger partial charge in [-0.25, -0.2) is 13.1 Å². The van der Waals surface area contributed by atoms with Gasteiger partial charge in [0.05, 0.1) is 12.4 Å². The first-order valence-corrected chi connectivity index (χ1v) is 9.66. The molecule has 7 heteroatoms. The molecule has 0 spiro atoms. The minimum atomic E-state index is -3.25. The molecular weight excluding hydrogens is 308 g/mol. The molecule has 0 amide bonds. The zero-order valence-corrected chi connectivity index (χ0v) is 13.8. The number of thioether (sulfide) groups is 1. The average molecular weight is 330 g/mol. The topological polar surface area (TPSA) is 81.4 Å². The van der Waals surface area contributed by atoms with Gasteiger partial charge < -0.3 is 10.5 Å². The van der Waals surface area contributed by atoms with Gasteiger partial charge in [0.1, 0.15) is 0 Å². The molecule has 0 saturated carbocycles. The molecular formula is C14H22N2O3S2. The summed E-state index contributed by atoms with van der Waals surface area (Å²) in [4.78, 5) is 1.02. The molecule has 1 saturated heterocycles. The highest BCUT2D eigenvalue weighted by molar-refractivity contribution is 8.00. The first kappa shape index (κ1) is 16.6. The highest BCUT2D eigenvalue weighted by Gasteiger charge is 2.25. The van der Waals surface area contributed by atoms with Crippen LogP contribution in [0.1, 0.15) is 13.3 Å². The summed E-state index contributed by atoms with van der Waals surface area (Å²) in [6, 6.07) is 7.37. The predicted octanol–water partition coefficient (Wildman–Crippen LogP) is 1.71. The van der Waals surface area contributed by atoms with E-state index in [1.165, 1.54) is 11.8 Å². The Balaban J connectivity index is 1.76. The Hall–Kier alpha value is -0.760. The molecule has 2 atom stereocenters. The monoisotopic (exact) mass is 330 g/mol. The third-order valence-corrected chi connectivity index (χ3v) is 6.28. The molecule has 1 aliphatic rings. The molecule has 5 nitrogen and oxygen atoms in total. The van der Waals surface area contributed by atoms with Crippen molar-refractivity contribution in [3.05, 3.63) is 24.3 Å². The van der Waals surface area contributed by atoms with E-state index in [1.807, 2.05) is 31.2 Å². The first-order valence-electron chi connectivity index (χ1n) is 7.02. The van der Waals surface area contributed by atoms with Gasteiger partial charge in [0.25, 0.3) is 0 Å². The molecule has 3 N–H and O–H groups in total.